The molecule has 3 heteroatoms. The van der Waals surface area contributed by atoms with Crippen molar-refractivity contribution in [1.82, 2.24) is 0 Å². The number of fused-ring (bicyclic) bond motifs is 1. The maximum absolute atomic E-state index is 12.5. The molecule has 19 heavy (non-hydrogen) atoms. The standard InChI is InChI=1S/C16H22O3/c1-3-5-12(6-4-2)16(17)13-7-8-14-15(11-13)19-10-9-18-14/h7-8,11-12H,3-6,9-10H2,1-2H3. The second kappa shape index (κ2) is 6.60. The van der Waals surface area contributed by atoms with Crippen molar-refractivity contribution in [2.24, 2.45) is 5.92 Å². The first-order valence-electron chi connectivity index (χ1n) is 7.20. The minimum atomic E-state index is 0.137. The lowest BCUT2D eigenvalue weighted by Gasteiger charge is -2.20. The lowest BCUT2D eigenvalue weighted by atomic mass is 9.89. The highest BCUT2D eigenvalue weighted by atomic mass is 16.6. The molecular formula is C16H22O3. The summed E-state index contributed by atoms with van der Waals surface area (Å²) in [6.07, 6.45) is 4.00. The highest BCUT2D eigenvalue weighted by Crippen LogP contribution is 2.32. The second-order valence-electron chi connectivity index (χ2n) is 5.00. The van der Waals surface area contributed by atoms with Gasteiger partial charge in [-0.15, -0.1) is 0 Å². The highest BCUT2D eigenvalue weighted by molar-refractivity contribution is 5.98. The zero-order valence-electron chi connectivity index (χ0n) is 11.8. The Kier molecular flexibility index (Phi) is 4.83. The number of ketones is 1. The van der Waals surface area contributed by atoms with Crippen LogP contribution < -0.4 is 9.47 Å². The van der Waals surface area contributed by atoms with E-state index < -0.39 is 0 Å². The van der Waals surface area contributed by atoms with E-state index in [9.17, 15) is 4.79 Å². The van der Waals surface area contributed by atoms with E-state index in [1.165, 1.54) is 0 Å². The summed E-state index contributed by atoms with van der Waals surface area (Å²) in [7, 11) is 0. The molecule has 2 rings (SSSR count). The molecule has 1 aliphatic rings. The van der Waals surface area contributed by atoms with E-state index in [-0.39, 0.29) is 11.7 Å². The SMILES string of the molecule is CCCC(CCC)C(=O)c1ccc2c(c1)OCCO2. The third kappa shape index (κ3) is 3.28. The normalized spacial score (nSPS) is 13.6. The van der Waals surface area contributed by atoms with Crippen LogP contribution in [-0.4, -0.2) is 19.0 Å². The first-order valence-corrected chi connectivity index (χ1v) is 7.20. The van der Waals surface area contributed by atoms with Crippen LogP contribution in [0.25, 0.3) is 0 Å². The molecule has 1 aliphatic heterocycles. The topological polar surface area (TPSA) is 35.5 Å². The third-order valence-corrected chi connectivity index (χ3v) is 3.47. The number of carbonyl (C=O) groups excluding carboxylic acids is 1. The fourth-order valence-electron chi connectivity index (χ4n) is 2.54. The van der Waals surface area contributed by atoms with Crippen molar-refractivity contribution >= 4 is 5.78 Å². The monoisotopic (exact) mass is 262 g/mol. The molecule has 0 aromatic heterocycles. The Morgan fingerprint density at radius 2 is 1.74 bits per heavy atom. The first-order chi connectivity index (χ1) is 9.26. The maximum Gasteiger partial charge on any atom is 0.166 e. The average Bonchev–Trinajstić information content (AvgIpc) is 2.46. The summed E-state index contributed by atoms with van der Waals surface area (Å²) in [4.78, 5) is 12.5. The van der Waals surface area contributed by atoms with Gasteiger partial charge in [-0.2, -0.15) is 0 Å². The maximum atomic E-state index is 12.5. The molecule has 0 unspecified atom stereocenters. The Morgan fingerprint density at radius 3 is 2.37 bits per heavy atom. The number of benzene rings is 1. The smallest absolute Gasteiger partial charge is 0.166 e. The third-order valence-electron chi connectivity index (χ3n) is 3.47. The van der Waals surface area contributed by atoms with Crippen LogP contribution in [0, 0.1) is 5.92 Å². The molecule has 0 saturated carbocycles. The fraction of sp³-hybridized carbons (Fsp3) is 0.562. The molecular weight excluding hydrogens is 240 g/mol. The van der Waals surface area contributed by atoms with Crippen LogP contribution >= 0.6 is 0 Å². The lowest BCUT2D eigenvalue weighted by molar-refractivity contribution is 0.0903. The summed E-state index contributed by atoms with van der Waals surface area (Å²) >= 11 is 0. The number of Topliss-reactive ketones (excluding diaryl/α,β-unsaturated/α-hetero) is 1. The van der Waals surface area contributed by atoms with E-state index in [0.717, 1.165) is 37.0 Å². The van der Waals surface area contributed by atoms with E-state index in [1.54, 1.807) is 0 Å². The van der Waals surface area contributed by atoms with Gasteiger partial charge in [0.15, 0.2) is 17.3 Å². The van der Waals surface area contributed by atoms with Crippen molar-refractivity contribution in [3.63, 3.8) is 0 Å². The summed E-state index contributed by atoms with van der Waals surface area (Å²) in [5.41, 5.74) is 0.746. The summed E-state index contributed by atoms with van der Waals surface area (Å²) in [5.74, 6) is 1.81. The van der Waals surface area contributed by atoms with E-state index >= 15 is 0 Å². The molecule has 0 aliphatic carbocycles. The quantitative estimate of drug-likeness (QED) is 0.730. The summed E-state index contributed by atoms with van der Waals surface area (Å²) in [5, 5.41) is 0. The summed E-state index contributed by atoms with van der Waals surface area (Å²) < 4.78 is 11.0. The molecule has 1 heterocycles. The Morgan fingerprint density at radius 1 is 1.11 bits per heavy atom. The Bertz CT molecular complexity index is 434. The summed E-state index contributed by atoms with van der Waals surface area (Å²) in [6.45, 7) is 5.38. The molecule has 104 valence electrons. The van der Waals surface area contributed by atoms with Gasteiger partial charge in [0.1, 0.15) is 13.2 Å². The molecule has 1 aromatic rings. The van der Waals surface area contributed by atoms with Crippen LogP contribution in [0.1, 0.15) is 49.9 Å². The molecule has 0 saturated heterocycles. The van der Waals surface area contributed by atoms with Crippen LogP contribution in [-0.2, 0) is 0 Å². The van der Waals surface area contributed by atoms with Crippen LogP contribution in [0.2, 0.25) is 0 Å². The van der Waals surface area contributed by atoms with Crippen LogP contribution in [0.4, 0.5) is 0 Å². The Labute approximate surface area is 114 Å². The minimum Gasteiger partial charge on any atom is -0.486 e. The molecule has 0 bridgehead atoms. The number of carbonyl (C=O) groups is 1. The van der Waals surface area contributed by atoms with Gasteiger partial charge < -0.3 is 9.47 Å². The zero-order valence-corrected chi connectivity index (χ0v) is 11.8. The van der Waals surface area contributed by atoms with E-state index in [4.69, 9.17) is 9.47 Å². The average molecular weight is 262 g/mol. The Balaban J connectivity index is 2.17. The lowest BCUT2D eigenvalue weighted by Crippen LogP contribution is -2.18. The van der Waals surface area contributed by atoms with Gasteiger partial charge in [-0.05, 0) is 31.0 Å². The van der Waals surface area contributed by atoms with Gasteiger partial charge in [0, 0.05) is 11.5 Å². The second-order valence-corrected chi connectivity index (χ2v) is 5.00. The van der Waals surface area contributed by atoms with Crippen molar-refractivity contribution in [2.45, 2.75) is 39.5 Å². The first kappa shape index (κ1) is 13.9. The van der Waals surface area contributed by atoms with E-state index in [2.05, 4.69) is 13.8 Å². The highest BCUT2D eigenvalue weighted by Gasteiger charge is 2.21. The van der Waals surface area contributed by atoms with E-state index in [0.29, 0.717) is 19.0 Å². The fourth-order valence-corrected chi connectivity index (χ4v) is 2.54. The Hall–Kier alpha value is -1.51. The molecule has 0 spiro atoms. The number of rotatable bonds is 6. The molecule has 0 radical (unpaired) electrons. The summed E-state index contributed by atoms with van der Waals surface area (Å²) in [6, 6.07) is 5.53. The molecule has 0 fully saturated rings. The predicted octanol–water partition coefficient (Wildman–Crippen LogP) is 3.86. The van der Waals surface area contributed by atoms with Gasteiger partial charge in [-0.25, -0.2) is 0 Å². The van der Waals surface area contributed by atoms with Crippen molar-refractivity contribution < 1.29 is 14.3 Å². The van der Waals surface area contributed by atoms with Crippen molar-refractivity contribution in [2.75, 3.05) is 13.2 Å². The molecule has 1 aromatic carbocycles. The van der Waals surface area contributed by atoms with Crippen LogP contribution in [0.3, 0.4) is 0 Å². The van der Waals surface area contributed by atoms with Crippen LogP contribution in [0.15, 0.2) is 18.2 Å². The van der Waals surface area contributed by atoms with Crippen molar-refractivity contribution in [3.05, 3.63) is 23.8 Å². The van der Waals surface area contributed by atoms with Gasteiger partial charge in [0.25, 0.3) is 0 Å². The van der Waals surface area contributed by atoms with Gasteiger partial charge in [0.2, 0.25) is 0 Å². The van der Waals surface area contributed by atoms with Crippen molar-refractivity contribution in [3.8, 4) is 11.5 Å². The van der Waals surface area contributed by atoms with Gasteiger partial charge >= 0.3 is 0 Å². The van der Waals surface area contributed by atoms with E-state index in [1.807, 2.05) is 18.2 Å². The predicted molar refractivity (Wildman–Crippen MR) is 75.1 cm³/mol. The number of hydrogen-bond acceptors (Lipinski definition) is 3. The minimum absolute atomic E-state index is 0.137. The molecule has 0 atom stereocenters. The number of hydrogen-bond donors (Lipinski definition) is 0. The zero-order chi connectivity index (χ0) is 13.7. The molecule has 0 N–H and O–H groups in total. The molecule has 3 nitrogen and oxygen atoms in total. The van der Waals surface area contributed by atoms with Gasteiger partial charge in [0.05, 0.1) is 0 Å². The largest absolute Gasteiger partial charge is 0.486 e. The van der Waals surface area contributed by atoms with Gasteiger partial charge in [-0.3, -0.25) is 4.79 Å². The van der Waals surface area contributed by atoms with Crippen LogP contribution in [0.5, 0.6) is 11.5 Å². The van der Waals surface area contributed by atoms with Crippen molar-refractivity contribution in [1.29, 1.82) is 0 Å². The molecule has 0 amide bonds. The number of ether oxygens (including phenoxy) is 2. The van der Waals surface area contributed by atoms with Gasteiger partial charge in [-0.1, -0.05) is 26.7 Å².